The number of H-pyrrole nitrogens is 2. The Labute approximate surface area is 164 Å². The predicted octanol–water partition coefficient (Wildman–Crippen LogP) is 1.99. The Hall–Kier alpha value is -3.99. The lowest BCUT2D eigenvalue weighted by molar-refractivity contribution is 0.790. The Morgan fingerprint density at radius 1 is 1.24 bits per heavy atom. The maximum atomic E-state index is 12.2. The molecule has 0 radical (unpaired) electrons. The first-order valence-corrected chi connectivity index (χ1v) is 9.28. The van der Waals surface area contributed by atoms with Crippen LogP contribution in [0.5, 0.6) is 0 Å². The number of aromatic amines is 2. The van der Waals surface area contributed by atoms with Crippen LogP contribution >= 0.6 is 0 Å². The summed E-state index contributed by atoms with van der Waals surface area (Å²) in [6.45, 7) is 0. The first-order valence-electron chi connectivity index (χ1n) is 9.28. The second-order valence-corrected chi connectivity index (χ2v) is 7.28. The predicted molar refractivity (Wildman–Crippen MR) is 105 cm³/mol. The molecule has 0 aliphatic heterocycles. The van der Waals surface area contributed by atoms with Crippen molar-refractivity contribution in [3.63, 3.8) is 0 Å². The summed E-state index contributed by atoms with van der Waals surface area (Å²) >= 11 is 0. The smallest absolute Gasteiger partial charge is 0.313 e. The number of benzene rings is 1. The van der Waals surface area contributed by atoms with Gasteiger partial charge in [0.25, 0.3) is 5.56 Å². The molecule has 2 atom stereocenters. The molecule has 1 aliphatic carbocycles. The van der Waals surface area contributed by atoms with E-state index in [-0.39, 0.29) is 0 Å². The molecule has 8 nitrogen and oxygen atoms in total. The van der Waals surface area contributed by atoms with E-state index in [0.29, 0.717) is 28.7 Å². The Bertz CT molecular complexity index is 1370. The van der Waals surface area contributed by atoms with Crippen LogP contribution in [0.1, 0.15) is 29.0 Å². The summed E-state index contributed by atoms with van der Waals surface area (Å²) < 4.78 is 1.67. The number of nitrogens with zero attached hydrogens (tertiary/aromatic N) is 4. The molecule has 1 aliphatic rings. The Balaban J connectivity index is 1.49. The third-order valence-corrected chi connectivity index (χ3v) is 5.39. The SMILES string of the molecule is N#Cc1ccc(C[C@H]2C[C@@H]2c2cc(-c3c[nH]c(=O)[nH]c3=O)nn3ccnc23)cc1. The molecule has 29 heavy (non-hydrogen) atoms. The fourth-order valence-electron chi connectivity index (χ4n) is 3.82. The van der Waals surface area contributed by atoms with Crippen molar-refractivity contribution < 1.29 is 0 Å². The van der Waals surface area contributed by atoms with Gasteiger partial charge in [0.05, 0.1) is 22.9 Å². The number of hydrogen-bond acceptors (Lipinski definition) is 5. The van der Waals surface area contributed by atoms with Crippen molar-refractivity contribution in [3.05, 3.63) is 86.5 Å². The molecule has 0 saturated heterocycles. The average Bonchev–Trinajstić information content (AvgIpc) is 3.31. The summed E-state index contributed by atoms with van der Waals surface area (Å²) in [5, 5.41) is 13.4. The first kappa shape index (κ1) is 17.1. The number of nitrogens with one attached hydrogen (secondary N) is 2. The lowest BCUT2D eigenvalue weighted by Crippen LogP contribution is -2.23. The quantitative estimate of drug-likeness (QED) is 0.558. The number of nitriles is 1. The van der Waals surface area contributed by atoms with Gasteiger partial charge in [-0.1, -0.05) is 12.1 Å². The molecule has 5 rings (SSSR count). The van der Waals surface area contributed by atoms with E-state index in [0.717, 1.165) is 24.1 Å². The first-order chi connectivity index (χ1) is 14.1. The second-order valence-electron chi connectivity index (χ2n) is 7.28. The molecule has 3 heterocycles. The van der Waals surface area contributed by atoms with E-state index in [9.17, 15) is 9.59 Å². The summed E-state index contributed by atoms with van der Waals surface area (Å²) in [5.41, 5.74) is 3.46. The number of hydrogen-bond donors (Lipinski definition) is 2. The Morgan fingerprint density at radius 2 is 2.07 bits per heavy atom. The molecule has 0 amide bonds. The van der Waals surface area contributed by atoms with Gasteiger partial charge in [0.2, 0.25) is 0 Å². The van der Waals surface area contributed by atoms with Gasteiger partial charge in [0, 0.05) is 24.2 Å². The van der Waals surface area contributed by atoms with Gasteiger partial charge in [0.1, 0.15) is 0 Å². The highest BCUT2D eigenvalue weighted by atomic mass is 16.2. The zero-order chi connectivity index (χ0) is 20.0. The van der Waals surface area contributed by atoms with Gasteiger partial charge in [-0.15, -0.1) is 0 Å². The van der Waals surface area contributed by atoms with E-state index < -0.39 is 11.2 Å². The third-order valence-electron chi connectivity index (χ3n) is 5.39. The number of aromatic nitrogens is 5. The van der Waals surface area contributed by atoms with E-state index in [4.69, 9.17) is 5.26 Å². The molecule has 1 saturated carbocycles. The zero-order valence-electron chi connectivity index (χ0n) is 15.3. The van der Waals surface area contributed by atoms with Gasteiger partial charge in [-0.2, -0.15) is 10.4 Å². The van der Waals surface area contributed by atoms with Crippen molar-refractivity contribution in [2.75, 3.05) is 0 Å². The minimum Gasteiger partial charge on any atom is -0.313 e. The maximum absolute atomic E-state index is 12.2. The van der Waals surface area contributed by atoms with E-state index in [2.05, 4.69) is 26.1 Å². The van der Waals surface area contributed by atoms with Crippen LogP contribution in [0.15, 0.2) is 58.5 Å². The van der Waals surface area contributed by atoms with Crippen molar-refractivity contribution in [3.8, 4) is 17.3 Å². The van der Waals surface area contributed by atoms with E-state index in [1.807, 2.05) is 30.3 Å². The minimum absolute atomic E-state index is 0.311. The van der Waals surface area contributed by atoms with Crippen LogP contribution in [0.25, 0.3) is 16.9 Å². The van der Waals surface area contributed by atoms with Crippen LogP contribution in [0.2, 0.25) is 0 Å². The van der Waals surface area contributed by atoms with Crippen LogP contribution < -0.4 is 11.2 Å². The summed E-state index contributed by atoms with van der Waals surface area (Å²) in [4.78, 5) is 32.7. The normalized spacial score (nSPS) is 17.9. The molecular formula is C21H16N6O2. The van der Waals surface area contributed by atoms with E-state index in [1.54, 1.807) is 16.9 Å². The largest absolute Gasteiger partial charge is 0.325 e. The molecule has 142 valence electrons. The van der Waals surface area contributed by atoms with Crippen LogP contribution in [0.3, 0.4) is 0 Å². The maximum Gasteiger partial charge on any atom is 0.325 e. The Kier molecular flexibility index (Phi) is 3.88. The molecular weight excluding hydrogens is 368 g/mol. The summed E-state index contributed by atoms with van der Waals surface area (Å²) in [6.07, 6.45) is 6.76. The zero-order valence-corrected chi connectivity index (χ0v) is 15.3. The molecule has 1 aromatic carbocycles. The van der Waals surface area contributed by atoms with Crippen LogP contribution in [0.4, 0.5) is 0 Å². The van der Waals surface area contributed by atoms with E-state index in [1.165, 1.54) is 11.8 Å². The number of imidazole rings is 1. The van der Waals surface area contributed by atoms with Crippen molar-refractivity contribution in [1.82, 2.24) is 24.6 Å². The minimum atomic E-state index is -0.549. The van der Waals surface area contributed by atoms with Gasteiger partial charge >= 0.3 is 5.69 Å². The fraction of sp³-hybridized carbons (Fsp3) is 0.190. The fourth-order valence-corrected chi connectivity index (χ4v) is 3.82. The lowest BCUT2D eigenvalue weighted by atomic mass is 10.0. The van der Waals surface area contributed by atoms with Gasteiger partial charge in [0.15, 0.2) is 5.65 Å². The third kappa shape index (κ3) is 3.12. The van der Waals surface area contributed by atoms with Crippen molar-refractivity contribution in [2.45, 2.75) is 18.8 Å². The van der Waals surface area contributed by atoms with Crippen molar-refractivity contribution >= 4 is 5.65 Å². The molecule has 0 spiro atoms. The van der Waals surface area contributed by atoms with Gasteiger partial charge in [-0.05, 0) is 48.4 Å². The highest BCUT2D eigenvalue weighted by Crippen LogP contribution is 2.50. The van der Waals surface area contributed by atoms with Crippen LogP contribution in [-0.4, -0.2) is 24.6 Å². The topological polar surface area (TPSA) is 120 Å². The standard InChI is InChI=1S/C21H16N6O2/c22-10-13-3-1-12(2-4-13)7-14-8-15(14)16-9-18(26-27-6-5-23-19(16)27)17-11-24-21(29)25-20(17)28/h1-6,9,11,14-15H,7-8H2,(H2,24,25,28,29)/t14-,15-/m0/s1. The van der Waals surface area contributed by atoms with E-state index >= 15 is 0 Å². The molecule has 3 aromatic heterocycles. The average molecular weight is 384 g/mol. The highest BCUT2D eigenvalue weighted by Gasteiger charge is 2.40. The van der Waals surface area contributed by atoms with Crippen LogP contribution in [-0.2, 0) is 6.42 Å². The summed E-state index contributed by atoms with van der Waals surface area (Å²) in [5.74, 6) is 0.784. The van der Waals surface area contributed by atoms with Gasteiger partial charge in [-0.3, -0.25) is 9.78 Å². The molecule has 0 unspecified atom stereocenters. The van der Waals surface area contributed by atoms with Gasteiger partial charge < -0.3 is 4.98 Å². The van der Waals surface area contributed by atoms with Crippen LogP contribution in [0, 0.1) is 17.2 Å². The summed E-state index contributed by atoms with van der Waals surface area (Å²) in [7, 11) is 0. The van der Waals surface area contributed by atoms with Crippen molar-refractivity contribution in [2.24, 2.45) is 5.92 Å². The molecule has 2 N–H and O–H groups in total. The molecule has 8 heteroatoms. The van der Waals surface area contributed by atoms with Crippen molar-refractivity contribution in [1.29, 1.82) is 5.26 Å². The van der Waals surface area contributed by atoms with Gasteiger partial charge in [-0.25, -0.2) is 14.3 Å². The number of fused-ring (bicyclic) bond motifs is 1. The highest BCUT2D eigenvalue weighted by molar-refractivity contribution is 5.63. The number of rotatable bonds is 4. The second kappa shape index (κ2) is 6.56. The molecule has 4 aromatic rings. The monoisotopic (exact) mass is 384 g/mol. The molecule has 0 bridgehead atoms. The Morgan fingerprint density at radius 3 is 2.83 bits per heavy atom. The molecule has 1 fully saturated rings. The lowest BCUT2D eigenvalue weighted by Gasteiger charge is -2.07. The summed E-state index contributed by atoms with van der Waals surface area (Å²) in [6, 6.07) is 11.7.